The lowest BCUT2D eigenvalue weighted by molar-refractivity contribution is -0.132. The maximum Gasteiger partial charge on any atom is 0.244 e. The van der Waals surface area contributed by atoms with E-state index in [4.69, 9.17) is 28.9 Å². The topological polar surface area (TPSA) is 83.7 Å². The van der Waals surface area contributed by atoms with Crippen molar-refractivity contribution < 1.29 is 13.2 Å². The average molecular weight is 431 g/mol. The van der Waals surface area contributed by atoms with E-state index in [2.05, 4.69) is 0 Å². The molecule has 1 atom stereocenters. The zero-order valence-corrected chi connectivity index (χ0v) is 17.0. The van der Waals surface area contributed by atoms with Gasteiger partial charge in [0.2, 0.25) is 15.9 Å². The van der Waals surface area contributed by atoms with Gasteiger partial charge in [-0.2, -0.15) is 4.31 Å². The molecule has 1 aromatic carbocycles. The Hall–Kier alpha value is -0.570. The quantitative estimate of drug-likeness (QED) is 0.777. The van der Waals surface area contributed by atoms with Crippen molar-refractivity contribution in [3.63, 3.8) is 0 Å². The second kappa shape index (κ2) is 9.39. The minimum atomic E-state index is -3.73. The van der Waals surface area contributed by atoms with Crippen LogP contribution in [0.3, 0.4) is 0 Å². The van der Waals surface area contributed by atoms with Gasteiger partial charge in [-0.25, -0.2) is 8.42 Å². The third-order valence-electron chi connectivity index (χ3n) is 3.94. The number of halogens is 3. The highest BCUT2D eigenvalue weighted by molar-refractivity contribution is 7.89. The molecule has 6 nitrogen and oxygen atoms in total. The van der Waals surface area contributed by atoms with E-state index in [1.54, 1.807) is 11.0 Å². The molecule has 1 unspecified atom stereocenters. The number of amides is 1. The van der Waals surface area contributed by atoms with Gasteiger partial charge in [0.1, 0.15) is 4.90 Å². The Morgan fingerprint density at radius 3 is 2.40 bits per heavy atom. The maximum atomic E-state index is 12.7. The molecule has 1 aliphatic rings. The summed E-state index contributed by atoms with van der Waals surface area (Å²) in [5.41, 5.74) is 5.66. The summed E-state index contributed by atoms with van der Waals surface area (Å²) in [5, 5.41) is 0.220. The molecule has 10 heteroatoms. The van der Waals surface area contributed by atoms with Gasteiger partial charge in [-0.3, -0.25) is 4.79 Å². The van der Waals surface area contributed by atoms with Crippen molar-refractivity contribution in [2.75, 3.05) is 26.2 Å². The largest absolute Gasteiger partial charge is 0.340 e. The van der Waals surface area contributed by atoms with Gasteiger partial charge < -0.3 is 10.6 Å². The van der Waals surface area contributed by atoms with E-state index < -0.39 is 10.0 Å². The predicted octanol–water partition coefficient (Wildman–Crippen LogP) is 2.38. The summed E-state index contributed by atoms with van der Waals surface area (Å²) >= 11 is 11.9. The lowest BCUT2D eigenvalue weighted by Crippen LogP contribution is -2.50. The zero-order valence-electron chi connectivity index (χ0n) is 13.8. The fraction of sp³-hybridized carbons (Fsp3) is 0.533. The molecule has 1 aliphatic heterocycles. The Bertz CT molecular complexity index is 705. The highest BCUT2D eigenvalue weighted by Crippen LogP contribution is 2.31. The summed E-state index contributed by atoms with van der Waals surface area (Å²) in [7, 11) is -3.73. The van der Waals surface area contributed by atoms with Gasteiger partial charge in [-0.1, -0.05) is 29.3 Å². The Labute approximate surface area is 164 Å². The highest BCUT2D eigenvalue weighted by Gasteiger charge is 2.31. The Morgan fingerprint density at radius 1 is 1.24 bits per heavy atom. The fourth-order valence-electron chi connectivity index (χ4n) is 2.51. The van der Waals surface area contributed by atoms with E-state index in [9.17, 15) is 13.2 Å². The van der Waals surface area contributed by atoms with Gasteiger partial charge in [0.25, 0.3) is 0 Å². The Balaban J connectivity index is 0.00000312. The number of carbonyl (C=O) groups is 1. The van der Waals surface area contributed by atoms with Crippen LogP contribution in [0.25, 0.3) is 0 Å². The minimum Gasteiger partial charge on any atom is -0.340 e. The molecule has 0 aromatic heterocycles. The number of sulfonamides is 1. The van der Waals surface area contributed by atoms with Crippen LogP contribution in [0, 0.1) is 0 Å². The van der Waals surface area contributed by atoms with Gasteiger partial charge >= 0.3 is 0 Å². The van der Waals surface area contributed by atoms with E-state index in [1.165, 1.54) is 16.4 Å². The lowest BCUT2D eigenvalue weighted by atomic mass is 10.2. The molecular weight excluding hydrogens is 409 g/mol. The second-order valence-electron chi connectivity index (χ2n) is 5.85. The average Bonchev–Trinajstić information content (AvgIpc) is 2.55. The van der Waals surface area contributed by atoms with Crippen LogP contribution in [-0.2, 0) is 14.8 Å². The first kappa shape index (κ1) is 22.5. The van der Waals surface area contributed by atoms with Gasteiger partial charge in [-0.05, 0) is 25.5 Å². The third kappa shape index (κ3) is 5.45. The van der Waals surface area contributed by atoms with Crippen LogP contribution in [0.1, 0.15) is 19.8 Å². The summed E-state index contributed by atoms with van der Waals surface area (Å²) in [5.74, 6) is 0.00476. The molecule has 2 rings (SSSR count). The van der Waals surface area contributed by atoms with E-state index in [0.717, 1.165) is 0 Å². The fourth-order valence-corrected chi connectivity index (χ4v) is 4.67. The minimum absolute atomic E-state index is 0. The van der Waals surface area contributed by atoms with E-state index in [0.29, 0.717) is 25.9 Å². The van der Waals surface area contributed by atoms with Gasteiger partial charge in [0.05, 0.1) is 10.0 Å². The van der Waals surface area contributed by atoms with Crippen LogP contribution in [0.15, 0.2) is 23.1 Å². The number of rotatable bonds is 5. The standard InChI is InChI=1S/C15H21Cl2N3O3S.ClH/c1-11(18)5-6-14(21)19-7-9-20(10-8-19)24(22,23)13-4-2-3-12(16)15(13)17;/h2-4,11H,5-10,18H2,1H3;1H. The predicted molar refractivity (Wildman–Crippen MR) is 102 cm³/mol. The molecule has 0 radical (unpaired) electrons. The summed E-state index contributed by atoms with van der Waals surface area (Å²) in [4.78, 5) is 13.8. The van der Waals surface area contributed by atoms with Crippen molar-refractivity contribution in [3.05, 3.63) is 28.2 Å². The number of hydrogen-bond donors (Lipinski definition) is 1. The van der Waals surface area contributed by atoms with Crippen LogP contribution >= 0.6 is 35.6 Å². The van der Waals surface area contributed by atoms with Crippen LogP contribution in [0.5, 0.6) is 0 Å². The molecule has 0 saturated carbocycles. The van der Waals surface area contributed by atoms with Crippen molar-refractivity contribution in [2.24, 2.45) is 5.73 Å². The summed E-state index contributed by atoms with van der Waals surface area (Å²) in [6.07, 6.45) is 1.00. The Kier molecular flexibility index (Phi) is 8.44. The monoisotopic (exact) mass is 429 g/mol. The summed E-state index contributed by atoms with van der Waals surface area (Å²) in [6, 6.07) is 4.50. The first-order chi connectivity index (χ1) is 11.2. The van der Waals surface area contributed by atoms with Crippen molar-refractivity contribution in [3.8, 4) is 0 Å². The van der Waals surface area contributed by atoms with Crippen LogP contribution in [-0.4, -0.2) is 55.8 Å². The molecule has 0 aliphatic carbocycles. The molecule has 2 N–H and O–H groups in total. The molecule has 25 heavy (non-hydrogen) atoms. The van der Waals surface area contributed by atoms with E-state index >= 15 is 0 Å². The number of piperazine rings is 1. The molecule has 1 amide bonds. The van der Waals surface area contributed by atoms with Gasteiger partial charge in [0.15, 0.2) is 0 Å². The lowest BCUT2D eigenvalue weighted by Gasteiger charge is -2.34. The molecule has 1 saturated heterocycles. The SMILES string of the molecule is CC(N)CCC(=O)N1CCN(S(=O)(=O)c2cccc(Cl)c2Cl)CC1.Cl. The van der Waals surface area contributed by atoms with Crippen LogP contribution in [0.4, 0.5) is 0 Å². The molecule has 1 fully saturated rings. The molecular formula is C15H22Cl3N3O3S. The number of benzene rings is 1. The number of hydrogen-bond acceptors (Lipinski definition) is 4. The second-order valence-corrected chi connectivity index (χ2v) is 8.54. The molecule has 142 valence electrons. The summed E-state index contributed by atoms with van der Waals surface area (Å²) in [6.45, 7) is 3.03. The van der Waals surface area contributed by atoms with Crippen molar-refractivity contribution in [2.45, 2.75) is 30.7 Å². The molecule has 0 bridgehead atoms. The maximum absolute atomic E-state index is 12.7. The van der Waals surface area contributed by atoms with E-state index in [-0.39, 0.29) is 52.4 Å². The molecule has 1 heterocycles. The number of nitrogens with two attached hydrogens (primary N) is 1. The smallest absolute Gasteiger partial charge is 0.244 e. The van der Waals surface area contributed by atoms with Gasteiger partial charge in [0, 0.05) is 38.6 Å². The van der Waals surface area contributed by atoms with Gasteiger partial charge in [-0.15, -0.1) is 12.4 Å². The molecule has 1 aromatic rings. The van der Waals surface area contributed by atoms with Crippen molar-refractivity contribution >= 4 is 51.5 Å². The highest BCUT2D eigenvalue weighted by atomic mass is 35.5. The zero-order chi connectivity index (χ0) is 17.9. The van der Waals surface area contributed by atoms with E-state index in [1.807, 2.05) is 6.92 Å². The van der Waals surface area contributed by atoms with Crippen molar-refractivity contribution in [1.29, 1.82) is 0 Å². The normalized spacial score (nSPS) is 17.0. The number of nitrogens with zero attached hydrogens (tertiary/aromatic N) is 2. The first-order valence-corrected chi connectivity index (χ1v) is 9.90. The molecule has 0 spiro atoms. The number of carbonyl (C=O) groups excluding carboxylic acids is 1. The summed E-state index contributed by atoms with van der Waals surface area (Å²) < 4.78 is 26.8. The Morgan fingerprint density at radius 2 is 1.84 bits per heavy atom. The van der Waals surface area contributed by atoms with Crippen molar-refractivity contribution in [1.82, 2.24) is 9.21 Å². The van der Waals surface area contributed by atoms with Crippen LogP contribution < -0.4 is 5.73 Å². The first-order valence-electron chi connectivity index (χ1n) is 7.71. The third-order valence-corrected chi connectivity index (χ3v) is 6.81. The van der Waals surface area contributed by atoms with Crippen LogP contribution in [0.2, 0.25) is 10.0 Å².